The second kappa shape index (κ2) is 6.45. The van der Waals surface area contributed by atoms with Crippen molar-refractivity contribution < 1.29 is 13.9 Å². The maximum absolute atomic E-state index is 14.0. The maximum Gasteiger partial charge on any atom is 0.162 e. The number of methoxy groups -OCH3 is 2. The second-order valence-corrected chi connectivity index (χ2v) is 4.83. The predicted octanol–water partition coefficient (Wildman–Crippen LogP) is 3.93. The Morgan fingerprint density at radius 3 is 2.50 bits per heavy atom. The summed E-state index contributed by atoms with van der Waals surface area (Å²) in [7, 11) is 3.05. The minimum Gasteiger partial charge on any atom is -0.493 e. The molecular weight excluding hydrogens is 315 g/mol. The van der Waals surface area contributed by atoms with Crippen molar-refractivity contribution in [2.24, 2.45) is 5.18 Å². The standard InChI is InChI=1S/C16H13FN4O3/c1-23-14-6-10-13(7-15(14)24-2)18-8-19-16(10)20-12-4-3-9(21-22)5-11(12)17/h3-8H,1-2H3,(H,18,19,20). The average molecular weight is 328 g/mol. The van der Waals surface area contributed by atoms with Crippen molar-refractivity contribution in [2.45, 2.75) is 0 Å². The molecule has 122 valence electrons. The zero-order valence-electron chi connectivity index (χ0n) is 12.9. The number of benzene rings is 2. The number of hydrogen-bond acceptors (Lipinski definition) is 7. The van der Waals surface area contributed by atoms with E-state index in [1.807, 2.05) is 0 Å². The van der Waals surface area contributed by atoms with Gasteiger partial charge in [0.2, 0.25) is 0 Å². The lowest BCUT2D eigenvalue weighted by Gasteiger charge is -2.12. The van der Waals surface area contributed by atoms with Gasteiger partial charge in [-0.05, 0) is 23.4 Å². The first kappa shape index (κ1) is 15.6. The Hall–Kier alpha value is -3.29. The van der Waals surface area contributed by atoms with Gasteiger partial charge in [0.15, 0.2) is 11.5 Å². The van der Waals surface area contributed by atoms with Crippen molar-refractivity contribution in [3.05, 3.63) is 47.4 Å². The highest BCUT2D eigenvalue weighted by atomic mass is 19.1. The third-order valence-electron chi connectivity index (χ3n) is 3.45. The molecule has 0 radical (unpaired) electrons. The van der Waals surface area contributed by atoms with Crippen LogP contribution in [0.2, 0.25) is 0 Å². The summed E-state index contributed by atoms with van der Waals surface area (Å²) < 4.78 is 24.6. The van der Waals surface area contributed by atoms with Crippen molar-refractivity contribution in [2.75, 3.05) is 19.5 Å². The molecular formula is C16H13FN4O3. The van der Waals surface area contributed by atoms with Gasteiger partial charge in [0, 0.05) is 17.5 Å². The van der Waals surface area contributed by atoms with Crippen LogP contribution in [0.3, 0.4) is 0 Å². The summed E-state index contributed by atoms with van der Waals surface area (Å²) in [4.78, 5) is 18.8. The summed E-state index contributed by atoms with van der Waals surface area (Å²) in [6.07, 6.45) is 1.36. The van der Waals surface area contributed by atoms with Gasteiger partial charge in [-0.2, -0.15) is 0 Å². The van der Waals surface area contributed by atoms with Gasteiger partial charge in [-0.25, -0.2) is 14.4 Å². The topological polar surface area (TPSA) is 85.7 Å². The van der Waals surface area contributed by atoms with Crippen molar-refractivity contribution in [3.63, 3.8) is 0 Å². The predicted molar refractivity (Wildman–Crippen MR) is 87.8 cm³/mol. The van der Waals surface area contributed by atoms with Crippen LogP contribution in [0, 0.1) is 10.7 Å². The number of anilines is 2. The fourth-order valence-corrected chi connectivity index (χ4v) is 2.27. The first-order valence-electron chi connectivity index (χ1n) is 6.93. The van der Waals surface area contributed by atoms with Gasteiger partial charge in [0.1, 0.15) is 23.6 Å². The monoisotopic (exact) mass is 328 g/mol. The fraction of sp³-hybridized carbons (Fsp3) is 0.125. The molecule has 24 heavy (non-hydrogen) atoms. The Balaban J connectivity index is 2.08. The van der Waals surface area contributed by atoms with E-state index in [4.69, 9.17) is 9.47 Å². The van der Waals surface area contributed by atoms with E-state index in [1.54, 1.807) is 12.1 Å². The Morgan fingerprint density at radius 2 is 1.83 bits per heavy atom. The summed E-state index contributed by atoms with van der Waals surface area (Å²) in [6, 6.07) is 7.28. The highest BCUT2D eigenvalue weighted by molar-refractivity contribution is 5.93. The minimum atomic E-state index is -0.612. The lowest BCUT2D eigenvalue weighted by molar-refractivity contribution is 0.356. The van der Waals surface area contributed by atoms with Crippen LogP contribution >= 0.6 is 0 Å². The van der Waals surface area contributed by atoms with E-state index in [-0.39, 0.29) is 11.4 Å². The molecule has 3 aromatic rings. The van der Waals surface area contributed by atoms with Crippen LogP contribution in [-0.4, -0.2) is 24.2 Å². The normalized spacial score (nSPS) is 10.5. The number of nitrogens with zero attached hydrogens (tertiary/aromatic N) is 3. The Labute approximate surface area is 136 Å². The van der Waals surface area contributed by atoms with Crippen LogP contribution < -0.4 is 14.8 Å². The number of hydrogen-bond donors (Lipinski definition) is 1. The molecule has 0 aliphatic rings. The molecule has 7 nitrogen and oxygen atoms in total. The molecule has 3 rings (SSSR count). The number of ether oxygens (including phenoxy) is 2. The van der Waals surface area contributed by atoms with Gasteiger partial charge in [-0.1, -0.05) is 0 Å². The smallest absolute Gasteiger partial charge is 0.162 e. The van der Waals surface area contributed by atoms with Crippen LogP contribution in [-0.2, 0) is 0 Å². The molecule has 1 heterocycles. The minimum absolute atomic E-state index is 0.0111. The number of fused-ring (bicyclic) bond motifs is 1. The molecule has 0 amide bonds. The Bertz CT molecular complexity index is 917. The van der Waals surface area contributed by atoms with Gasteiger partial charge >= 0.3 is 0 Å². The van der Waals surface area contributed by atoms with E-state index < -0.39 is 5.82 Å². The number of halogens is 1. The van der Waals surface area contributed by atoms with Crippen LogP contribution in [0.5, 0.6) is 11.5 Å². The van der Waals surface area contributed by atoms with Crippen LogP contribution in [0.15, 0.2) is 41.8 Å². The third-order valence-corrected chi connectivity index (χ3v) is 3.45. The first-order chi connectivity index (χ1) is 11.7. The molecule has 0 aliphatic heterocycles. The molecule has 0 saturated heterocycles. The third kappa shape index (κ3) is 2.81. The molecule has 0 saturated carbocycles. The van der Waals surface area contributed by atoms with Crippen molar-refractivity contribution in [3.8, 4) is 11.5 Å². The molecule has 0 spiro atoms. The molecule has 0 unspecified atom stereocenters. The first-order valence-corrected chi connectivity index (χ1v) is 6.93. The molecule has 0 bridgehead atoms. The second-order valence-electron chi connectivity index (χ2n) is 4.83. The van der Waals surface area contributed by atoms with Crippen LogP contribution in [0.25, 0.3) is 10.9 Å². The Morgan fingerprint density at radius 1 is 1.08 bits per heavy atom. The summed E-state index contributed by atoms with van der Waals surface area (Å²) in [5.41, 5.74) is 0.783. The van der Waals surface area contributed by atoms with Crippen molar-refractivity contribution in [1.29, 1.82) is 0 Å². The number of aromatic nitrogens is 2. The van der Waals surface area contributed by atoms with Gasteiger partial charge in [0.25, 0.3) is 0 Å². The fourth-order valence-electron chi connectivity index (χ4n) is 2.27. The number of nitrogens with one attached hydrogen (secondary N) is 1. The van der Waals surface area contributed by atoms with E-state index in [1.165, 1.54) is 32.7 Å². The number of rotatable bonds is 5. The van der Waals surface area contributed by atoms with Crippen molar-refractivity contribution >= 4 is 28.1 Å². The molecule has 0 aliphatic carbocycles. The van der Waals surface area contributed by atoms with Crippen LogP contribution in [0.4, 0.5) is 21.6 Å². The Kier molecular flexibility index (Phi) is 4.19. The highest BCUT2D eigenvalue weighted by Crippen LogP contribution is 2.34. The highest BCUT2D eigenvalue weighted by Gasteiger charge is 2.12. The van der Waals surface area contributed by atoms with Gasteiger partial charge in [-0.15, -0.1) is 4.91 Å². The lowest BCUT2D eigenvalue weighted by atomic mass is 10.2. The summed E-state index contributed by atoms with van der Waals surface area (Å²) in [5, 5.41) is 6.22. The number of nitroso groups, excluding NO2 is 1. The molecule has 1 aromatic heterocycles. The molecule has 1 N–H and O–H groups in total. The van der Waals surface area contributed by atoms with Gasteiger partial charge in [0.05, 0.1) is 25.4 Å². The van der Waals surface area contributed by atoms with E-state index in [9.17, 15) is 9.30 Å². The SMILES string of the molecule is COc1cc2ncnc(Nc3ccc(N=O)cc3F)c2cc1OC. The van der Waals surface area contributed by atoms with Gasteiger partial charge < -0.3 is 14.8 Å². The lowest BCUT2D eigenvalue weighted by Crippen LogP contribution is -1.99. The summed E-state index contributed by atoms with van der Waals surface area (Å²) in [6.45, 7) is 0. The summed E-state index contributed by atoms with van der Waals surface area (Å²) >= 11 is 0. The zero-order chi connectivity index (χ0) is 17.1. The maximum atomic E-state index is 14.0. The molecule has 0 fully saturated rings. The van der Waals surface area contributed by atoms with E-state index in [0.29, 0.717) is 28.2 Å². The van der Waals surface area contributed by atoms with E-state index in [0.717, 1.165) is 6.07 Å². The molecule has 0 atom stereocenters. The largest absolute Gasteiger partial charge is 0.493 e. The van der Waals surface area contributed by atoms with Crippen molar-refractivity contribution in [1.82, 2.24) is 9.97 Å². The molecule has 2 aromatic carbocycles. The van der Waals surface area contributed by atoms with Gasteiger partial charge in [-0.3, -0.25) is 0 Å². The quantitative estimate of drug-likeness (QED) is 0.714. The summed E-state index contributed by atoms with van der Waals surface area (Å²) in [5.74, 6) is 0.817. The zero-order valence-corrected chi connectivity index (χ0v) is 12.9. The average Bonchev–Trinajstić information content (AvgIpc) is 2.62. The van der Waals surface area contributed by atoms with E-state index in [2.05, 4.69) is 20.5 Å². The van der Waals surface area contributed by atoms with E-state index >= 15 is 0 Å². The van der Waals surface area contributed by atoms with Crippen LogP contribution in [0.1, 0.15) is 0 Å². The molecule has 8 heteroatoms.